The number of nitrogens with zero attached hydrogens (tertiary/aromatic N) is 3. The van der Waals surface area contributed by atoms with Gasteiger partial charge in [0.25, 0.3) is 5.91 Å². The molecule has 2 rings (SSSR count). The fraction of sp³-hybridized carbons (Fsp3) is 0.643. The summed E-state index contributed by atoms with van der Waals surface area (Å²) in [6.45, 7) is 5.56. The molecule has 0 aliphatic carbocycles. The number of likely N-dealkylation sites (N-methyl/N-ethyl adjacent to an activating group) is 1. The van der Waals surface area contributed by atoms with Crippen LogP contribution in [0.3, 0.4) is 0 Å². The van der Waals surface area contributed by atoms with Gasteiger partial charge in [-0.2, -0.15) is 5.10 Å². The molecule has 0 spiro atoms. The molecule has 1 saturated heterocycles. The van der Waals surface area contributed by atoms with Gasteiger partial charge in [-0.1, -0.05) is 13.8 Å². The fourth-order valence-corrected chi connectivity index (χ4v) is 2.49. The molecule has 3 N–H and O–H groups in total. The molecule has 1 aliphatic heterocycles. The predicted octanol–water partition coefficient (Wildman–Crippen LogP) is 0.810. The zero-order chi connectivity index (χ0) is 15.6. The second-order valence-electron chi connectivity index (χ2n) is 5.80. The lowest BCUT2D eigenvalue weighted by Crippen LogP contribution is -2.40. The Balaban J connectivity index is 2.03. The van der Waals surface area contributed by atoms with Gasteiger partial charge >= 0.3 is 0 Å². The minimum absolute atomic E-state index is 0.0264. The highest BCUT2D eigenvalue weighted by atomic mass is 16.2. The molecule has 116 valence electrons. The number of carbonyl (C=O) groups excluding carboxylic acids is 2. The molecular weight excluding hydrogens is 270 g/mol. The van der Waals surface area contributed by atoms with Gasteiger partial charge in [0, 0.05) is 20.1 Å². The SMILES string of the molecule is CC(C)c1[nH]nc(C(=O)N(C)CC(=O)N2CCCC2)c1N. The first kappa shape index (κ1) is 15.3. The van der Waals surface area contributed by atoms with Crippen LogP contribution >= 0.6 is 0 Å². The van der Waals surface area contributed by atoms with Crippen molar-refractivity contribution in [1.82, 2.24) is 20.0 Å². The lowest BCUT2D eigenvalue weighted by Gasteiger charge is -2.20. The van der Waals surface area contributed by atoms with E-state index in [1.165, 1.54) is 4.90 Å². The molecule has 21 heavy (non-hydrogen) atoms. The van der Waals surface area contributed by atoms with Gasteiger partial charge in [0.15, 0.2) is 5.69 Å². The fourth-order valence-electron chi connectivity index (χ4n) is 2.49. The van der Waals surface area contributed by atoms with Crippen LogP contribution in [0.5, 0.6) is 0 Å². The number of aromatic amines is 1. The van der Waals surface area contributed by atoms with E-state index in [0.717, 1.165) is 31.6 Å². The van der Waals surface area contributed by atoms with E-state index in [-0.39, 0.29) is 30.0 Å². The number of nitrogen functional groups attached to an aromatic ring is 1. The zero-order valence-electron chi connectivity index (χ0n) is 12.8. The lowest BCUT2D eigenvalue weighted by molar-refractivity contribution is -0.130. The summed E-state index contributed by atoms with van der Waals surface area (Å²) < 4.78 is 0. The molecule has 1 fully saturated rings. The Labute approximate surface area is 124 Å². The van der Waals surface area contributed by atoms with Gasteiger partial charge in [-0.05, 0) is 18.8 Å². The van der Waals surface area contributed by atoms with E-state index in [1.807, 2.05) is 13.8 Å². The van der Waals surface area contributed by atoms with Crippen LogP contribution in [0.2, 0.25) is 0 Å². The molecular formula is C14H23N5O2. The van der Waals surface area contributed by atoms with Crippen molar-refractivity contribution in [1.29, 1.82) is 0 Å². The van der Waals surface area contributed by atoms with Crippen molar-refractivity contribution in [2.75, 3.05) is 32.4 Å². The maximum Gasteiger partial charge on any atom is 0.276 e. The smallest absolute Gasteiger partial charge is 0.276 e. The van der Waals surface area contributed by atoms with E-state index >= 15 is 0 Å². The van der Waals surface area contributed by atoms with Gasteiger partial charge in [-0.15, -0.1) is 0 Å². The number of hydrogen-bond acceptors (Lipinski definition) is 4. The van der Waals surface area contributed by atoms with Gasteiger partial charge in [-0.25, -0.2) is 0 Å². The van der Waals surface area contributed by atoms with Crippen molar-refractivity contribution in [3.8, 4) is 0 Å². The number of nitrogens with two attached hydrogens (primary N) is 1. The first-order valence-electron chi connectivity index (χ1n) is 7.28. The number of hydrogen-bond donors (Lipinski definition) is 2. The second-order valence-corrected chi connectivity index (χ2v) is 5.80. The van der Waals surface area contributed by atoms with E-state index in [1.54, 1.807) is 11.9 Å². The molecule has 1 aromatic rings. The number of amides is 2. The number of anilines is 1. The Morgan fingerprint density at radius 2 is 2.00 bits per heavy atom. The molecule has 0 saturated carbocycles. The summed E-state index contributed by atoms with van der Waals surface area (Å²) in [4.78, 5) is 27.6. The molecule has 0 unspecified atom stereocenters. The van der Waals surface area contributed by atoms with Gasteiger partial charge in [0.05, 0.1) is 17.9 Å². The largest absolute Gasteiger partial charge is 0.395 e. The van der Waals surface area contributed by atoms with Crippen LogP contribution < -0.4 is 5.73 Å². The average molecular weight is 293 g/mol. The van der Waals surface area contributed by atoms with Crippen LogP contribution in [0, 0.1) is 0 Å². The van der Waals surface area contributed by atoms with Crippen LogP contribution in [0.4, 0.5) is 5.69 Å². The molecule has 0 bridgehead atoms. The molecule has 7 heteroatoms. The Bertz CT molecular complexity index is 531. The first-order valence-corrected chi connectivity index (χ1v) is 7.28. The van der Waals surface area contributed by atoms with Crippen molar-refractivity contribution < 1.29 is 9.59 Å². The molecule has 0 atom stereocenters. The number of carbonyl (C=O) groups is 2. The van der Waals surface area contributed by atoms with Crippen LogP contribution in [-0.2, 0) is 4.79 Å². The summed E-state index contributed by atoms with van der Waals surface area (Å²) in [5, 5.41) is 6.80. The van der Waals surface area contributed by atoms with Crippen molar-refractivity contribution in [2.45, 2.75) is 32.6 Å². The topological polar surface area (TPSA) is 95.3 Å². The summed E-state index contributed by atoms with van der Waals surface area (Å²) >= 11 is 0. The van der Waals surface area contributed by atoms with E-state index in [9.17, 15) is 9.59 Å². The molecule has 7 nitrogen and oxygen atoms in total. The highest BCUT2D eigenvalue weighted by Crippen LogP contribution is 2.22. The van der Waals surface area contributed by atoms with Crippen molar-refractivity contribution in [2.24, 2.45) is 0 Å². The normalized spacial score (nSPS) is 14.8. The van der Waals surface area contributed by atoms with Crippen LogP contribution in [0.25, 0.3) is 0 Å². The standard InChI is InChI=1S/C14H23N5O2/c1-9(2)12-11(15)13(17-16-12)14(21)18(3)8-10(20)19-6-4-5-7-19/h9H,4-8,15H2,1-3H3,(H,16,17). The third-order valence-electron chi connectivity index (χ3n) is 3.79. The lowest BCUT2D eigenvalue weighted by atomic mass is 10.1. The Hall–Kier alpha value is -2.05. The van der Waals surface area contributed by atoms with E-state index < -0.39 is 0 Å². The minimum Gasteiger partial charge on any atom is -0.395 e. The van der Waals surface area contributed by atoms with Gasteiger partial charge in [-0.3, -0.25) is 14.7 Å². The summed E-state index contributed by atoms with van der Waals surface area (Å²) in [7, 11) is 1.60. The monoisotopic (exact) mass is 293 g/mol. The molecule has 0 radical (unpaired) electrons. The average Bonchev–Trinajstić information content (AvgIpc) is 3.06. The molecule has 0 aromatic carbocycles. The van der Waals surface area contributed by atoms with Crippen molar-refractivity contribution in [3.05, 3.63) is 11.4 Å². The molecule has 2 heterocycles. The van der Waals surface area contributed by atoms with Crippen LogP contribution in [0.15, 0.2) is 0 Å². The van der Waals surface area contributed by atoms with Gasteiger partial charge in [0.1, 0.15) is 0 Å². The summed E-state index contributed by atoms with van der Waals surface area (Å²) in [5.41, 5.74) is 7.27. The van der Waals surface area contributed by atoms with E-state index in [4.69, 9.17) is 5.73 Å². The number of rotatable bonds is 4. The Morgan fingerprint density at radius 3 is 2.52 bits per heavy atom. The highest BCUT2D eigenvalue weighted by molar-refractivity contribution is 5.99. The third-order valence-corrected chi connectivity index (χ3v) is 3.79. The van der Waals surface area contributed by atoms with Gasteiger partial charge < -0.3 is 15.5 Å². The summed E-state index contributed by atoms with van der Waals surface area (Å²) in [6.07, 6.45) is 2.07. The molecule has 1 aromatic heterocycles. The summed E-state index contributed by atoms with van der Waals surface area (Å²) in [6, 6.07) is 0. The first-order chi connectivity index (χ1) is 9.91. The zero-order valence-corrected chi connectivity index (χ0v) is 12.8. The number of H-pyrrole nitrogens is 1. The maximum atomic E-state index is 12.3. The maximum absolute atomic E-state index is 12.3. The number of likely N-dealkylation sites (tertiary alicyclic amines) is 1. The van der Waals surface area contributed by atoms with E-state index in [2.05, 4.69) is 10.2 Å². The van der Waals surface area contributed by atoms with E-state index in [0.29, 0.717) is 5.69 Å². The second kappa shape index (κ2) is 6.15. The highest BCUT2D eigenvalue weighted by Gasteiger charge is 2.25. The Kier molecular flexibility index (Phi) is 4.50. The van der Waals surface area contributed by atoms with Crippen molar-refractivity contribution in [3.63, 3.8) is 0 Å². The Morgan fingerprint density at radius 1 is 1.38 bits per heavy atom. The van der Waals surface area contributed by atoms with Crippen molar-refractivity contribution >= 4 is 17.5 Å². The minimum atomic E-state index is -0.330. The predicted molar refractivity (Wildman–Crippen MR) is 79.9 cm³/mol. The van der Waals surface area contributed by atoms with Crippen LogP contribution in [-0.4, -0.2) is 58.5 Å². The summed E-state index contributed by atoms with van der Waals surface area (Å²) in [5.74, 6) is -0.194. The van der Waals surface area contributed by atoms with Gasteiger partial charge in [0.2, 0.25) is 5.91 Å². The van der Waals surface area contributed by atoms with Crippen LogP contribution in [0.1, 0.15) is 48.8 Å². The third kappa shape index (κ3) is 3.17. The number of nitrogens with one attached hydrogen (secondary N) is 1. The molecule has 2 amide bonds. The quantitative estimate of drug-likeness (QED) is 0.858. The molecule has 1 aliphatic rings. The number of aromatic nitrogens is 2.